The van der Waals surface area contributed by atoms with Gasteiger partial charge in [0.15, 0.2) is 0 Å². The van der Waals surface area contributed by atoms with Crippen LogP contribution in [-0.4, -0.2) is 69.2 Å². The van der Waals surface area contributed by atoms with Crippen molar-refractivity contribution in [2.24, 2.45) is 0 Å². The van der Waals surface area contributed by atoms with Gasteiger partial charge in [-0.15, -0.1) is 0 Å². The molecule has 0 aliphatic carbocycles. The molecule has 0 spiro atoms. The molecule has 13 nitrogen and oxygen atoms in total. The molecular weight excluding hydrogens is 450 g/mol. The fourth-order valence-corrected chi connectivity index (χ4v) is 3.44. The summed E-state index contributed by atoms with van der Waals surface area (Å²) in [6.45, 7) is 3.22. The molecule has 1 heterocycles. The number of nitro groups is 1. The minimum atomic E-state index is -1.13. The Morgan fingerprint density at radius 3 is 2.32 bits per heavy atom. The standard InChI is InChI=1S/C21H27N5O8/c1-12(19(30)24-14-5-7-15(8-6-14)26(33)34)23-20(31)16-4-3-11-25(16)21(32)13(2)22-17(27)9-10-18(28)29/h5-8,12-13,16H,3-4,9-11H2,1-2H3,(H,22,27)(H,23,31)(H,24,30)(H,28,29)/t12-,13-,16-/m0/s1. The van der Waals surface area contributed by atoms with E-state index >= 15 is 0 Å². The molecule has 1 aliphatic rings. The number of non-ortho nitro benzene ring substituents is 1. The number of nitrogens with one attached hydrogen (secondary N) is 3. The van der Waals surface area contributed by atoms with Gasteiger partial charge >= 0.3 is 5.97 Å². The molecule has 0 radical (unpaired) electrons. The first-order valence-corrected chi connectivity index (χ1v) is 10.7. The van der Waals surface area contributed by atoms with Crippen molar-refractivity contribution in [2.45, 2.75) is 57.7 Å². The number of nitro benzene ring substituents is 1. The molecule has 3 atom stereocenters. The molecule has 4 N–H and O–H groups in total. The van der Waals surface area contributed by atoms with Crippen molar-refractivity contribution in [1.29, 1.82) is 0 Å². The fourth-order valence-electron chi connectivity index (χ4n) is 3.44. The third kappa shape index (κ3) is 7.25. The van der Waals surface area contributed by atoms with Crippen molar-refractivity contribution in [1.82, 2.24) is 15.5 Å². The summed E-state index contributed by atoms with van der Waals surface area (Å²) in [4.78, 5) is 71.8. The highest BCUT2D eigenvalue weighted by Gasteiger charge is 2.37. The summed E-state index contributed by atoms with van der Waals surface area (Å²) in [7, 11) is 0. The van der Waals surface area contributed by atoms with Crippen molar-refractivity contribution in [3.8, 4) is 0 Å². The number of aliphatic carboxylic acids is 1. The lowest BCUT2D eigenvalue weighted by Crippen LogP contribution is -2.54. The predicted octanol–water partition coefficient (Wildman–Crippen LogP) is 0.399. The first-order chi connectivity index (χ1) is 16.0. The van der Waals surface area contributed by atoms with Crippen LogP contribution in [-0.2, 0) is 24.0 Å². The Balaban J connectivity index is 1.91. The molecule has 1 aromatic rings. The second-order valence-electron chi connectivity index (χ2n) is 7.90. The van der Waals surface area contributed by atoms with Crippen LogP contribution in [0.5, 0.6) is 0 Å². The maximum atomic E-state index is 12.8. The number of likely N-dealkylation sites (tertiary alicyclic amines) is 1. The molecule has 0 aromatic heterocycles. The van der Waals surface area contributed by atoms with Crippen LogP contribution in [0.15, 0.2) is 24.3 Å². The van der Waals surface area contributed by atoms with Gasteiger partial charge in [-0.2, -0.15) is 0 Å². The summed E-state index contributed by atoms with van der Waals surface area (Å²) >= 11 is 0. The molecule has 34 heavy (non-hydrogen) atoms. The van der Waals surface area contributed by atoms with Crippen LogP contribution in [0.4, 0.5) is 11.4 Å². The molecular formula is C21H27N5O8. The number of hydrogen-bond acceptors (Lipinski definition) is 7. The molecule has 0 unspecified atom stereocenters. The first kappa shape index (κ1) is 26.2. The van der Waals surface area contributed by atoms with Crippen LogP contribution in [0.3, 0.4) is 0 Å². The Kier molecular flexibility index (Phi) is 9.04. The number of carbonyl (C=O) groups excluding carboxylic acids is 4. The van der Waals surface area contributed by atoms with Gasteiger partial charge in [-0.25, -0.2) is 0 Å². The molecule has 13 heteroatoms. The zero-order chi connectivity index (χ0) is 25.4. The number of carboxylic acids is 1. The van der Waals surface area contributed by atoms with Crippen molar-refractivity contribution in [3.05, 3.63) is 34.4 Å². The molecule has 184 valence electrons. The second-order valence-corrected chi connectivity index (χ2v) is 7.90. The van der Waals surface area contributed by atoms with E-state index in [4.69, 9.17) is 5.11 Å². The lowest BCUT2D eigenvalue weighted by atomic mass is 10.1. The fraction of sp³-hybridized carbons (Fsp3) is 0.476. The van der Waals surface area contributed by atoms with Gasteiger partial charge in [-0.3, -0.25) is 34.1 Å². The molecule has 1 aliphatic heterocycles. The quantitative estimate of drug-likeness (QED) is 0.275. The maximum absolute atomic E-state index is 12.8. The molecule has 0 saturated carbocycles. The SMILES string of the molecule is C[C@H](NC(=O)[C@@H]1CCCN1C(=O)[C@H](C)NC(=O)CCC(=O)O)C(=O)Nc1ccc([N+](=O)[O-])cc1. The van der Waals surface area contributed by atoms with Crippen molar-refractivity contribution in [2.75, 3.05) is 11.9 Å². The summed E-state index contributed by atoms with van der Waals surface area (Å²) < 4.78 is 0. The number of carbonyl (C=O) groups is 5. The summed E-state index contributed by atoms with van der Waals surface area (Å²) in [5.74, 6) is -3.26. The van der Waals surface area contributed by atoms with E-state index in [1.54, 1.807) is 0 Å². The normalized spacial score (nSPS) is 16.8. The summed E-state index contributed by atoms with van der Waals surface area (Å²) in [6, 6.07) is 2.50. The van der Waals surface area contributed by atoms with E-state index in [1.165, 1.54) is 43.0 Å². The lowest BCUT2D eigenvalue weighted by molar-refractivity contribution is -0.384. The molecule has 2 rings (SSSR count). The van der Waals surface area contributed by atoms with E-state index in [9.17, 15) is 34.1 Å². The largest absolute Gasteiger partial charge is 0.481 e. The smallest absolute Gasteiger partial charge is 0.303 e. The van der Waals surface area contributed by atoms with Gasteiger partial charge in [0.2, 0.25) is 23.6 Å². The van der Waals surface area contributed by atoms with Crippen molar-refractivity contribution >= 4 is 41.0 Å². The van der Waals surface area contributed by atoms with Crippen LogP contribution in [0.25, 0.3) is 0 Å². The van der Waals surface area contributed by atoms with Gasteiger partial charge in [0.05, 0.1) is 11.3 Å². The monoisotopic (exact) mass is 477 g/mol. The average Bonchev–Trinajstić information content (AvgIpc) is 3.27. The van der Waals surface area contributed by atoms with E-state index in [2.05, 4.69) is 16.0 Å². The number of hydrogen-bond donors (Lipinski definition) is 4. The zero-order valence-corrected chi connectivity index (χ0v) is 18.8. The van der Waals surface area contributed by atoms with Gasteiger partial charge in [-0.05, 0) is 38.8 Å². The number of nitrogens with zero attached hydrogens (tertiary/aromatic N) is 2. The first-order valence-electron chi connectivity index (χ1n) is 10.7. The topological polar surface area (TPSA) is 188 Å². The van der Waals surface area contributed by atoms with E-state index in [0.717, 1.165) is 0 Å². The Hall–Kier alpha value is -4.03. The lowest BCUT2D eigenvalue weighted by Gasteiger charge is -2.28. The van der Waals surface area contributed by atoms with E-state index in [-0.39, 0.29) is 18.5 Å². The van der Waals surface area contributed by atoms with Crippen molar-refractivity contribution < 1.29 is 34.0 Å². The van der Waals surface area contributed by atoms with Gasteiger partial charge < -0.3 is 26.0 Å². The highest BCUT2D eigenvalue weighted by Crippen LogP contribution is 2.19. The summed E-state index contributed by atoms with van der Waals surface area (Å²) in [5.41, 5.74) is 0.194. The van der Waals surface area contributed by atoms with E-state index in [1.807, 2.05) is 0 Å². The van der Waals surface area contributed by atoms with Gasteiger partial charge in [0.1, 0.15) is 18.1 Å². The molecule has 4 amide bonds. The van der Waals surface area contributed by atoms with Crippen molar-refractivity contribution in [3.63, 3.8) is 0 Å². The third-order valence-electron chi connectivity index (χ3n) is 5.25. The number of benzene rings is 1. The van der Waals surface area contributed by atoms with Crippen LogP contribution < -0.4 is 16.0 Å². The number of anilines is 1. The number of amides is 4. The Bertz CT molecular complexity index is 964. The third-order valence-corrected chi connectivity index (χ3v) is 5.25. The average molecular weight is 477 g/mol. The second kappa shape index (κ2) is 11.7. The molecule has 1 fully saturated rings. The Morgan fingerprint density at radius 2 is 1.74 bits per heavy atom. The van der Waals surface area contributed by atoms with Gasteiger partial charge in [0.25, 0.3) is 5.69 Å². The van der Waals surface area contributed by atoms with E-state index in [0.29, 0.717) is 25.1 Å². The molecule has 1 aromatic carbocycles. The van der Waals surface area contributed by atoms with Gasteiger partial charge in [-0.1, -0.05) is 0 Å². The summed E-state index contributed by atoms with van der Waals surface area (Å²) in [5, 5.41) is 26.9. The van der Waals surface area contributed by atoms with Crippen LogP contribution in [0.1, 0.15) is 39.5 Å². The van der Waals surface area contributed by atoms with Crippen LogP contribution in [0.2, 0.25) is 0 Å². The minimum absolute atomic E-state index is 0.127. The van der Waals surface area contributed by atoms with Crippen LogP contribution >= 0.6 is 0 Å². The minimum Gasteiger partial charge on any atom is -0.481 e. The Morgan fingerprint density at radius 1 is 1.09 bits per heavy atom. The van der Waals surface area contributed by atoms with Crippen LogP contribution in [0, 0.1) is 10.1 Å². The maximum Gasteiger partial charge on any atom is 0.303 e. The van der Waals surface area contributed by atoms with Gasteiger partial charge in [0, 0.05) is 30.8 Å². The highest BCUT2D eigenvalue weighted by atomic mass is 16.6. The number of carboxylic acid groups (broad SMARTS) is 1. The molecule has 0 bridgehead atoms. The number of rotatable bonds is 10. The highest BCUT2D eigenvalue weighted by molar-refractivity contribution is 5.98. The summed E-state index contributed by atoms with van der Waals surface area (Å²) in [6.07, 6.45) is 0.320. The predicted molar refractivity (Wildman–Crippen MR) is 119 cm³/mol. The molecule has 1 saturated heterocycles. The Labute approximate surface area is 195 Å². The zero-order valence-electron chi connectivity index (χ0n) is 18.8. The van der Waals surface area contributed by atoms with E-state index < -0.39 is 52.6 Å².